The second-order valence-electron chi connectivity index (χ2n) is 8.44. The van der Waals surface area contributed by atoms with Crippen molar-refractivity contribution in [3.63, 3.8) is 0 Å². The number of carbonyl (C=O) groups is 3. The van der Waals surface area contributed by atoms with Gasteiger partial charge in [0.2, 0.25) is 5.91 Å². The number of nitrogens with zero attached hydrogens (tertiary/aromatic N) is 1. The van der Waals surface area contributed by atoms with Crippen LogP contribution in [-0.4, -0.2) is 47.1 Å². The summed E-state index contributed by atoms with van der Waals surface area (Å²) in [6, 6.07) is 7.90. The van der Waals surface area contributed by atoms with Gasteiger partial charge in [0.25, 0.3) is 5.91 Å². The first kappa shape index (κ1) is 28.2. The minimum atomic E-state index is -1.15. The summed E-state index contributed by atoms with van der Waals surface area (Å²) in [5.41, 5.74) is 15.0. The predicted octanol–water partition coefficient (Wildman–Crippen LogP) is 2.86. The number of ether oxygens (including phenoxy) is 2. The summed E-state index contributed by atoms with van der Waals surface area (Å²) < 4.78 is 11.5. The van der Waals surface area contributed by atoms with Crippen LogP contribution < -0.4 is 31.6 Å². The van der Waals surface area contributed by atoms with Crippen LogP contribution in [0.2, 0.25) is 0 Å². The topological polar surface area (TPSA) is 179 Å². The summed E-state index contributed by atoms with van der Waals surface area (Å²) in [6.45, 7) is 6.71. The third kappa shape index (κ3) is 6.48. The summed E-state index contributed by atoms with van der Waals surface area (Å²) in [4.78, 5) is 39.9. The van der Waals surface area contributed by atoms with E-state index in [-0.39, 0.29) is 12.1 Å². The predicted molar refractivity (Wildman–Crippen MR) is 144 cm³/mol. The Morgan fingerprint density at radius 3 is 2.37 bits per heavy atom. The minimum Gasteiger partial charge on any atom is -0.490 e. The van der Waals surface area contributed by atoms with E-state index in [2.05, 4.69) is 15.6 Å². The van der Waals surface area contributed by atoms with Gasteiger partial charge in [-0.1, -0.05) is 19.1 Å². The lowest BCUT2D eigenvalue weighted by molar-refractivity contribution is -0.139. The normalized spacial score (nSPS) is 11.6. The number of hydrogen-bond acceptors (Lipinski definition) is 8. The van der Waals surface area contributed by atoms with Crippen LogP contribution in [0.5, 0.6) is 11.5 Å². The van der Waals surface area contributed by atoms with Crippen molar-refractivity contribution in [2.24, 2.45) is 11.5 Å². The fourth-order valence-corrected chi connectivity index (χ4v) is 4.12. The zero-order chi connectivity index (χ0) is 27.8. The molecule has 202 valence electrons. The number of benzene rings is 2. The summed E-state index contributed by atoms with van der Waals surface area (Å²) in [6.07, 6.45) is 1.56. The number of nitrogens with one attached hydrogen (secondary N) is 2. The minimum absolute atomic E-state index is 0.150. The molecule has 0 saturated carbocycles. The molecule has 0 saturated heterocycles. The molecule has 0 spiro atoms. The van der Waals surface area contributed by atoms with Crippen molar-refractivity contribution in [2.45, 2.75) is 46.2 Å². The fourth-order valence-electron chi connectivity index (χ4n) is 4.12. The van der Waals surface area contributed by atoms with E-state index in [4.69, 9.17) is 26.0 Å². The summed E-state index contributed by atoms with van der Waals surface area (Å²) in [5, 5.41) is 15.6. The SMILES string of the molecule is CCOc1cc2ncc(C(N)=O)c(Nc3cccc(CNC(=O)[C@@H](N)CC(=O)O)c3CC)c2cc1OCC. The van der Waals surface area contributed by atoms with Crippen molar-refractivity contribution in [1.29, 1.82) is 0 Å². The van der Waals surface area contributed by atoms with Gasteiger partial charge in [-0.2, -0.15) is 0 Å². The first-order chi connectivity index (χ1) is 18.2. The fraction of sp³-hybridized carbons (Fsp3) is 0.333. The number of primary amides is 1. The van der Waals surface area contributed by atoms with Crippen LogP contribution in [-0.2, 0) is 22.6 Å². The molecule has 3 rings (SSSR count). The van der Waals surface area contributed by atoms with E-state index in [0.29, 0.717) is 53.4 Å². The molecule has 38 heavy (non-hydrogen) atoms. The van der Waals surface area contributed by atoms with Crippen molar-refractivity contribution >= 4 is 40.1 Å². The highest BCUT2D eigenvalue weighted by Gasteiger charge is 2.20. The Balaban J connectivity index is 2.04. The van der Waals surface area contributed by atoms with Crippen LogP contribution in [0, 0.1) is 0 Å². The van der Waals surface area contributed by atoms with Crippen LogP contribution >= 0.6 is 0 Å². The van der Waals surface area contributed by atoms with Gasteiger partial charge in [-0.15, -0.1) is 0 Å². The molecule has 0 aliphatic carbocycles. The standard InChI is InChI=1S/C27H33N5O6/c1-4-16-15(13-31-27(36)19(28)11-24(33)34)8-7-9-20(16)32-25-17-10-22(37-5-2)23(38-6-3)12-21(17)30-14-18(25)26(29)35/h7-10,12,14,19H,4-6,11,13,28H2,1-3H3,(H2,29,35)(H,30,32)(H,31,36)(H,33,34)/t19-/m0/s1. The molecule has 3 aromatic rings. The lowest BCUT2D eigenvalue weighted by atomic mass is 10.0. The quantitative estimate of drug-likeness (QED) is 0.225. The molecule has 0 radical (unpaired) electrons. The molecule has 2 amide bonds. The number of anilines is 2. The van der Waals surface area contributed by atoms with Crippen LogP contribution in [0.15, 0.2) is 36.5 Å². The van der Waals surface area contributed by atoms with E-state index in [1.165, 1.54) is 6.20 Å². The Morgan fingerprint density at radius 1 is 1.08 bits per heavy atom. The number of carbonyl (C=O) groups excluding carboxylic acids is 2. The number of amides is 2. The number of rotatable bonds is 13. The molecule has 0 fully saturated rings. The number of pyridine rings is 1. The Bertz CT molecular complexity index is 1340. The van der Waals surface area contributed by atoms with Gasteiger partial charge in [0.05, 0.1) is 42.4 Å². The number of nitrogens with two attached hydrogens (primary N) is 2. The van der Waals surface area contributed by atoms with Gasteiger partial charge < -0.3 is 36.7 Å². The number of fused-ring (bicyclic) bond motifs is 1. The number of carboxylic acids is 1. The highest BCUT2D eigenvalue weighted by atomic mass is 16.5. The van der Waals surface area contributed by atoms with Gasteiger partial charge in [0, 0.05) is 29.9 Å². The zero-order valence-corrected chi connectivity index (χ0v) is 21.7. The van der Waals surface area contributed by atoms with Crippen LogP contribution in [0.25, 0.3) is 10.9 Å². The van der Waals surface area contributed by atoms with Gasteiger partial charge in [-0.3, -0.25) is 19.4 Å². The number of aliphatic carboxylic acids is 1. The van der Waals surface area contributed by atoms with Gasteiger partial charge in [0.1, 0.15) is 0 Å². The molecule has 0 unspecified atom stereocenters. The van der Waals surface area contributed by atoms with Gasteiger partial charge in [0.15, 0.2) is 11.5 Å². The second-order valence-corrected chi connectivity index (χ2v) is 8.44. The van der Waals surface area contributed by atoms with E-state index in [9.17, 15) is 14.4 Å². The van der Waals surface area contributed by atoms with Crippen molar-refractivity contribution < 1.29 is 29.0 Å². The maximum atomic E-state index is 12.4. The first-order valence-electron chi connectivity index (χ1n) is 12.3. The molecular formula is C27H33N5O6. The lowest BCUT2D eigenvalue weighted by Crippen LogP contribution is -2.41. The third-order valence-electron chi connectivity index (χ3n) is 5.87. The lowest BCUT2D eigenvalue weighted by Gasteiger charge is -2.20. The van der Waals surface area contributed by atoms with Crippen molar-refractivity contribution in [3.05, 3.63) is 53.2 Å². The summed E-state index contributed by atoms with van der Waals surface area (Å²) in [7, 11) is 0. The third-order valence-corrected chi connectivity index (χ3v) is 5.87. The molecule has 1 heterocycles. The number of hydrogen-bond donors (Lipinski definition) is 5. The van der Waals surface area contributed by atoms with Crippen LogP contribution in [0.1, 0.15) is 48.7 Å². The number of aromatic nitrogens is 1. The average molecular weight is 524 g/mol. The molecule has 7 N–H and O–H groups in total. The van der Waals surface area contributed by atoms with Gasteiger partial charge in [-0.25, -0.2) is 0 Å². The molecule has 0 aliphatic rings. The van der Waals surface area contributed by atoms with Gasteiger partial charge >= 0.3 is 5.97 Å². The Hall–Kier alpha value is -4.38. The van der Waals surface area contributed by atoms with E-state index < -0.39 is 30.2 Å². The Morgan fingerprint density at radius 2 is 1.76 bits per heavy atom. The van der Waals surface area contributed by atoms with Crippen LogP contribution in [0.4, 0.5) is 11.4 Å². The monoisotopic (exact) mass is 523 g/mol. The van der Waals surface area contributed by atoms with E-state index in [1.54, 1.807) is 12.1 Å². The maximum absolute atomic E-state index is 12.4. The molecule has 0 aliphatic heterocycles. The van der Waals surface area contributed by atoms with Crippen molar-refractivity contribution in [1.82, 2.24) is 10.3 Å². The second kappa shape index (κ2) is 12.7. The van der Waals surface area contributed by atoms with Crippen molar-refractivity contribution in [2.75, 3.05) is 18.5 Å². The smallest absolute Gasteiger partial charge is 0.305 e. The molecule has 11 nitrogen and oxygen atoms in total. The molecule has 2 aromatic carbocycles. The van der Waals surface area contributed by atoms with E-state index >= 15 is 0 Å². The molecule has 0 bridgehead atoms. The maximum Gasteiger partial charge on any atom is 0.305 e. The summed E-state index contributed by atoms with van der Waals surface area (Å²) in [5.74, 6) is -1.30. The van der Waals surface area contributed by atoms with E-state index in [1.807, 2.05) is 39.0 Å². The molecule has 1 aromatic heterocycles. The van der Waals surface area contributed by atoms with Gasteiger partial charge in [-0.05, 0) is 43.5 Å². The summed E-state index contributed by atoms with van der Waals surface area (Å²) >= 11 is 0. The number of carboxylic acid groups (broad SMARTS) is 1. The average Bonchev–Trinajstić information content (AvgIpc) is 2.87. The highest BCUT2D eigenvalue weighted by molar-refractivity contribution is 6.08. The van der Waals surface area contributed by atoms with E-state index in [0.717, 1.165) is 11.1 Å². The molecule has 1 atom stereocenters. The Labute approximate surface area is 220 Å². The molecular weight excluding hydrogens is 490 g/mol. The highest BCUT2D eigenvalue weighted by Crippen LogP contribution is 2.38. The first-order valence-corrected chi connectivity index (χ1v) is 12.3. The molecule has 11 heteroatoms. The largest absolute Gasteiger partial charge is 0.490 e. The van der Waals surface area contributed by atoms with Crippen molar-refractivity contribution in [3.8, 4) is 11.5 Å². The zero-order valence-electron chi connectivity index (χ0n) is 21.7. The Kier molecular flexibility index (Phi) is 9.44. The van der Waals surface area contributed by atoms with Crippen LogP contribution in [0.3, 0.4) is 0 Å².